The van der Waals surface area contributed by atoms with Gasteiger partial charge in [0.25, 0.3) is 0 Å². The summed E-state index contributed by atoms with van der Waals surface area (Å²) in [5.41, 5.74) is 4.79. The van der Waals surface area contributed by atoms with Gasteiger partial charge in [0.15, 0.2) is 0 Å². The lowest BCUT2D eigenvalue weighted by atomic mass is 9.87. The molecule has 23 heavy (non-hydrogen) atoms. The molecule has 0 bridgehead atoms. The average molecular weight is 304 g/mol. The molecule has 0 aliphatic heterocycles. The second kappa shape index (κ2) is 5.92. The van der Waals surface area contributed by atoms with Crippen LogP contribution in [0.15, 0.2) is 54.7 Å². The van der Waals surface area contributed by atoms with E-state index in [-0.39, 0.29) is 11.9 Å². The number of para-hydroxylation sites is 1. The van der Waals surface area contributed by atoms with E-state index >= 15 is 0 Å². The molecule has 0 radical (unpaired) electrons. The van der Waals surface area contributed by atoms with Gasteiger partial charge in [-0.25, -0.2) is 0 Å². The minimum absolute atomic E-state index is 0.0939. The Bertz CT molecular complexity index is 849. The zero-order chi connectivity index (χ0) is 15.6. The van der Waals surface area contributed by atoms with Crippen LogP contribution in [0.2, 0.25) is 0 Å². The maximum absolute atomic E-state index is 12.5. The minimum Gasteiger partial charge on any atom is -0.361 e. The predicted octanol–water partition coefficient (Wildman–Crippen LogP) is 3.90. The van der Waals surface area contributed by atoms with Gasteiger partial charge in [0.05, 0.1) is 12.5 Å². The molecule has 1 aliphatic carbocycles. The van der Waals surface area contributed by atoms with Crippen LogP contribution in [0.3, 0.4) is 0 Å². The number of hydrogen-bond donors (Lipinski definition) is 2. The molecule has 116 valence electrons. The van der Waals surface area contributed by atoms with E-state index in [0.717, 1.165) is 35.7 Å². The van der Waals surface area contributed by atoms with Crippen molar-refractivity contribution in [3.8, 4) is 0 Å². The highest BCUT2D eigenvalue weighted by molar-refractivity contribution is 5.89. The third-order valence-electron chi connectivity index (χ3n) is 4.73. The maximum Gasteiger partial charge on any atom is 0.224 e. The van der Waals surface area contributed by atoms with Crippen LogP contribution in [0, 0.1) is 0 Å². The highest BCUT2D eigenvalue weighted by atomic mass is 16.1. The zero-order valence-corrected chi connectivity index (χ0v) is 13.0. The van der Waals surface area contributed by atoms with Crippen LogP contribution in [-0.4, -0.2) is 10.9 Å². The number of nitrogens with one attached hydrogen (secondary N) is 2. The van der Waals surface area contributed by atoms with E-state index in [0.29, 0.717) is 6.42 Å². The summed E-state index contributed by atoms with van der Waals surface area (Å²) in [6.07, 6.45) is 5.64. The standard InChI is InChI=1S/C20H20N2O/c23-20(12-15-13-21-18-10-4-3-9-17(15)18)22-19-11-5-7-14-6-1-2-8-16(14)19/h1-4,6,8-10,13,19,21H,5,7,11-12H2,(H,22,23). The summed E-state index contributed by atoms with van der Waals surface area (Å²) >= 11 is 0. The van der Waals surface area contributed by atoms with Crippen molar-refractivity contribution in [3.63, 3.8) is 0 Å². The number of benzene rings is 2. The second-order valence-corrected chi connectivity index (χ2v) is 6.25. The van der Waals surface area contributed by atoms with Crippen molar-refractivity contribution in [1.82, 2.24) is 10.3 Å². The Labute approximate surface area is 135 Å². The molecule has 3 nitrogen and oxygen atoms in total. The van der Waals surface area contributed by atoms with Gasteiger partial charge in [0.1, 0.15) is 0 Å². The number of fused-ring (bicyclic) bond motifs is 2. The largest absolute Gasteiger partial charge is 0.361 e. The second-order valence-electron chi connectivity index (χ2n) is 6.25. The number of carbonyl (C=O) groups is 1. The van der Waals surface area contributed by atoms with Gasteiger partial charge in [0.2, 0.25) is 5.91 Å². The number of aromatic nitrogens is 1. The quantitative estimate of drug-likeness (QED) is 0.757. The Kier molecular flexibility index (Phi) is 3.62. The molecular weight excluding hydrogens is 284 g/mol. The third kappa shape index (κ3) is 2.74. The predicted molar refractivity (Wildman–Crippen MR) is 92.3 cm³/mol. The first-order chi connectivity index (χ1) is 11.3. The molecule has 1 atom stereocenters. The van der Waals surface area contributed by atoms with Crippen LogP contribution in [0.1, 0.15) is 35.6 Å². The molecule has 0 spiro atoms. The smallest absolute Gasteiger partial charge is 0.224 e. The average Bonchev–Trinajstić information content (AvgIpc) is 2.98. The van der Waals surface area contributed by atoms with Gasteiger partial charge < -0.3 is 10.3 Å². The van der Waals surface area contributed by atoms with E-state index in [9.17, 15) is 4.79 Å². The first-order valence-electron chi connectivity index (χ1n) is 8.23. The number of H-pyrrole nitrogens is 1. The fourth-order valence-electron chi connectivity index (χ4n) is 3.60. The minimum atomic E-state index is 0.0939. The number of amides is 1. The fraction of sp³-hybridized carbons (Fsp3) is 0.250. The van der Waals surface area contributed by atoms with Crippen LogP contribution in [0.25, 0.3) is 10.9 Å². The molecule has 3 aromatic rings. The number of carbonyl (C=O) groups excluding carboxylic acids is 1. The molecule has 1 amide bonds. The first kappa shape index (κ1) is 14.1. The topological polar surface area (TPSA) is 44.9 Å². The molecule has 2 N–H and O–H groups in total. The Morgan fingerprint density at radius 1 is 1.13 bits per heavy atom. The first-order valence-corrected chi connectivity index (χ1v) is 8.23. The molecule has 4 rings (SSSR count). The summed E-state index contributed by atoms with van der Waals surface area (Å²) in [7, 11) is 0. The van der Waals surface area contributed by atoms with Crippen LogP contribution < -0.4 is 5.32 Å². The van der Waals surface area contributed by atoms with Gasteiger partial charge in [-0.1, -0.05) is 42.5 Å². The SMILES string of the molecule is O=C(Cc1c[nH]c2ccccc12)NC1CCCc2ccccc21. The van der Waals surface area contributed by atoms with Crippen LogP contribution >= 0.6 is 0 Å². The summed E-state index contributed by atoms with van der Waals surface area (Å²) in [4.78, 5) is 15.7. The lowest BCUT2D eigenvalue weighted by Gasteiger charge is -2.26. The monoisotopic (exact) mass is 304 g/mol. The van der Waals surface area contributed by atoms with Gasteiger partial charge in [-0.2, -0.15) is 0 Å². The van der Waals surface area contributed by atoms with E-state index in [1.807, 2.05) is 24.4 Å². The Morgan fingerprint density at radius 3 is 2.91 bits per heavy atom. The number of rotatable bonds is 3. The van der Waals surface area contributed by atoms with Gasteiger partial charge in [-0.05, 0) is 42.0 Å². The number of aryl methyl sites for hydroxylation is 1. The summed E-state index contributed by atoms with van der Waals surface area (Å²) in [6, 6.07) is 16.7. The van der Waals surface area contributed by atoms with Crippen molar-refractivity contribution < 1.29 is 4.79 Å². The van der Waals surface area contributed by atoms with Gasteiger partial charge in [0, 0.05) is 17.1 Å². The maximum atomic E-state index is 12.5. The normalized spacial score (nSPS) is 17.0. The molecule has 3 heteroatoms. The zero-order valence-electron chi connectivity index (χ0n) is 13.0. The van der Waals surface area contributed by atoms with Crippen LogP contribution in [0.5, 0.6) is 0 Å². The molecular formula is C20H20N2O. The van der Waals surface area contributed by atoms with Crippen molar-refractivity contribution in [3.05, 3.63) is 71.4 Å². The molecule has 2 aromatic carbocycles. The molecule has 1 unspecified atom stereocenters. The van der Waals surface area contributed by atoms with Crippen molar-refractivity contribution in [2.24, 2.45) is 0 Å². The number of aromatic amines is 1. The molecule has 0 saturated carbocycles. The molecule has 1 aromatic heterocycles. The summed E-state index contributed by atoms with van der Waals surface area (Å²) in [5.74, 6) is 0.0939. The third-order valence-corrected chi connectivity index (χ3v) is 4.73. The molecule has 1 aliphatic rings. The summed E-state index contributed by atoms with van der Waals surface area (Å²) < 4.78 is 0. The van der Waals surface area contributed by atoms with E-state index < -0.39 is 0 Å². The number of hydrogen-bond acceptors (Lipinski definition) is 1. The fourth-order valence-corrected chi connectivity index (χ4v) is 3.60. The van der Waals surface area contributed by atoms with E-state index in [1.165, 1.54) is 11.1 Å². The van der Waals surface area contributed by atoms with Crippen molar-refractivity contribution in [1.29, 1.82) is 0 Å². The van der Waals surface area contributed by atoms with Crippen LogP contribution in [0.4, 0.5) is 0 Å². The molecule has 1 heterocycles. The molecule has 0 saturated heterocycles. The van der Waals surface area contributed by atoms with E-state index in [1.54, 1.807) is 0 Å². The van der Waals surface area contributed by atoms with Crippen molar-refractivity contribution in [2.75, 3.05) is 0 Å². The Hall–Kier alpha value is -2.55. The highest BCUT2D eigenvalue weighted by Gasteiger charge is 2.21. The van der Waals surface area contributed by atoms with Crippen molar-refractivity contribution >= 4 is 16.8 Å². The summed E-state index contributed by atoms with van der Waals surface area (Å²) in [6.45, 7) is 0. The summed E-state index contributed by atoms with van der Waals surface area (Å²) in [5, 5.41) is 4.36. The van der Waals surface area contributed by atoms with E-state index in [4.69, 9.17) is 0 Å². The van der Waals surface area contributed by atoms with Gasteiger partial charge in [-0.3, -0.25) is 4.79 Å². The lowest BCUT2D eigenvalue weighted by Crippen LogP contribution is -2.32. The van der Waals surface area contributed by atoms with Crippen LogP contribution in [-0.2, 0) is 17.6 Å². The Balaban J connectivity index is 1.51. The highest BCUT2D eigenvalue weighted by Crippen LogP contribution is 2.29. The van der Waals surface area contributed by atoms with Gasteiger partial charge >= 0.3 is 0 Å². The lowest BCUT2D eigenvalue weighted by molar-refractivity contribution is -0.121. The van der Waals surface area contributed by atoms with Gasteiger partial charge in [-0.15, -0.1) is 0 Å². The van der Waals surface area contributed by atoms with Crippen molar-refractivity contribution in [2.45, 2.75) is 31.7 Å². The molecule has 0 fully saturated rings. The Morgan fingerprint density at radius 2 is 1.96 bits per heavy atom. The van der Waals surface area contributed by atoms with E-state index in [2.05, 4.69) is 40.6 Å².